The van der Waals surface area contributed by atoms with Crippen molar-refractivity contribution in [3.63, 3.8) is 0 Å². The maximum Gasteiger partial charge on any atom is 0.254 e. The van der Waals surface area contributed by atoms with Crippen molar-refractivity contribution < 1.29 is 26.4 Å². The van der Waals surface area contributed by atoms with E-state index in [0.29, 0.717) is 4.47 Å². The van der Waals surface area contributed by atoms with Crippen LogP contribution >= 0.6 is 15.9 Å². The van der Waals surface area contributed by atoms with Crippen LogP contribution in [0.25, 0.3) is 0 Å². The molecule has 1 aliphatic rings. The van der Waals surface area contributed by atoms with E-state index in [1.165, 1.54) is 17.0 Å². The van der Waals surface area contributed by atoms with Gasteiger partial charge in [-0.25, -0.2) is 21.6 Å². The molecule has 0 atom stereocenters. The molecule has 0 spiro atoms. The molecule has 0 N–H and O–H groups in total. The molecule has 0 saturated carbocycles. The Hall–Kier alpha value is -1.91. The topological polar surface area (TPSA) is 57.7 Å². The van der Waals surface area contributed by atoms with E-state index >= 15 is 0 Å². The Morgan fingerprint density at radius 2 is 1.56 bits per heavy atom. The highest BCUT2D eigenvalue weighted by atomic mass is 79.9. The first-order valence-electron chi connectivity index (χ1n) is 7.89. The molecular weight excluding hydrogens is 449 g/mol. The smallest absolute Gasteiger partial charge is 0.254 e. The number of amides is 1. The minimum atomic E-state index is -4.37. The van der Waals surface area contributed by atoms with Gasteiger partial charge in [-0.3, -0.25) is 4.79 Å². The third-order valence-corrected chi connectivity index (χ3v) is 6.56. The first-order chi connectivity index (χ1) is 12.7. The second-order valence-corrected chi connectivity index (χ2v) is 8.70. The van der Waals surface area contributed by atoms with Crippen LogP contribution < -0.4 is 0 Å². The van der Waals surface area contributed by atoms with Crippen LogP contribution in [0.4, 0.5) is 13.2 Å². The van der Waals surface area contributed by atoms with E-state index in [0.717, 1.165) is 28.6 Å². The lowest BCUT2D eigenvalue weighted by molar-refractivity contribution is 0.0697. The van der Waals surface area contributed by atoms with E-state index in [1.807, 2.05) is 0 Å². The summed E-state index contributed by atoms with van der Waals surface area (Å²) in [6.07, 6.45) is 0. The molecule has 1 aliphatic heterocycles. The number of nitrogens with zero attached hydrogens (tertiary/aromatic N) is 2. The van der Waals surface area contributed by atoms with Gasteiger partial charge < -0.3 is 4.90 Å². The fourth-order valence-corrected chi connectivity index (χ4v) is 4.85. The van der Waals surface area contributed by atoms with Gasteiger partial charge in [0.05, 0.1) is 0 Å². The van der Waals surface area contributed by atoms with Crippen LogP contribution in [0.1, 0.15) is 10.4 Å². The van der Waals surface area contributed by atoms with Gasteiger partial charge in [0.2, 0.25) is 10.0 Å². The second-order valence-electron chi connectivity index (χ2n) is 5.91. The summed E-state index contributed by atoms with van der Waals surface area (Å²) < 4.78 is 67.6. The van der Waals surface area contributed by atoms with E-state index in [2.05, 4.69) is 15.9 Å². The summed E-state index contributed by atoms with van der Waals surface area (Å²) >= 11 is 3.11. The van der Waals surface area contributed by atoms with Crippen LogP contribution in [0, 0.1) is 17.5 Å². The van der Waals surface area contributed by atoms with Gasteiger partial charge in [-0.1, -0.05) is 22.0 Å². The lowest BCUT2D eigenvalue weighted by atomic mass is 10.2. The van der Waals surface area contributed by atoms with Crippen molar-refractivity contribution in [3.05, 3.63) is 63.9 Å². The molecular formula is C17H14BrF3N2O3S. The largest absolute Gasteiger partial charge is 0.336 e. The van der Waals surface area contributed by atoms with Crippen LogP contribution in [0.3, 0.4) is 0 Å². The first kappa shape index (κ1) is 19.8. The van der Waals surface area contributed by atoms with Crippen LogP contribution in [-0.2, 0) is 10.0 Å². The average molecular weight is 463 g/mol. The first-order valence-corrected chi connectivity index (χ1v) is 10.1. The molecule has 0 unspecified atom stereocenters. The molecule has 1 heterocycles. The van der Waals surface area contributed by atoms with E-state index in [4.69, 9.17) is 0 Å². The Bertz CT molecular complexity index is 952. The number of benzene rings is 2. The SMILES string of the molecule is O=C(c1cc(F)cc(Br)c1)N1CCN(S(=O)(=O)c2c(F)cccc2F)CC1. The number of hydrogen-bond acceptors (Lipinski definition) is 3. The Morgan fingerprint density at radius 3 is 2.11 bits per heavy atom. The van der Waals surface area contributed by atoms with Crippen molar-refractivity contribution in [2.24, 2.45) is 0 Å². The van der Waals surface area contributed by atoms with Gasteiger partial charge in [-0.05, 0) is 30.3 Å². The number of carbonyl (C=O) groups excluding carboxylic acids is 1. The van der Waals surface area contributed by atoms with E-state index in [1.54, 1.807) is 0 Å². The lowest BCUT2D eigenvalue weighted by Gasteiger charge is -2.34. The highest BCUT2D eigenvalue weighted by Crippen LogP contribution is 2.24. The Labute approximate surface area is 162 Å². The van der Waals surface area contributed by atoms with Crippen LogP contribution in [0.2, 0.25) is 0 Å². The van der Waals surface area contributed by atoms with Crippen molar-refractivity contribution in [3.8, 4) is 0 Å². The summed E-state index contributed by atoms with van der Waals surface area (Å²) in [7, 11) is -4.37. The zero-order valence-corrected chi connectivity index (χ0v) is 16.2. The van der Waals surface area contributed by atoms with E-state index in [9.17, 15) is 26.4 Å². The van der Waals surface area contributed by atoms with Gasteiger partial charge in [0, 0.05) is 36.2 Å². The van der Waals surface area contributed by atoms with Gasteiger partial charge in [0.1, 0.15) is 17.5 Å². The summed E-state index contributed by atoms with van der Waals surface area (Å²) in [4.78, 5) is 12.9. The molecule has 2 aromatic carbocycles. The minimum Gasteiger partial charge on any atom is -0.336 e. The molecule has 0 bridgehead atoms. The molecule has 5 nitrogen and oxygen atoms in total. The molecule has 0 radical (unpaired) electrons. The number of hydrogen-bond donors (Lipinski definition) is 0. The predicted molar refractivity (Wildman–Crippen MR) is 95.1 cm³/mol. The van der Waals surface area contributed by atoms with Crippen molar-refractivity contribution in [1.29, 1.82) is 0 Å². The van der Waals surface area contributed by atoms with E-state index < -0.39 is 38.3 Å². The van der Waals surface area contributed by atoms with E-state index in [-0.39, 0.29) is 31.7 Å². The Kier molecular flexibility index (Phi) is 5.59. The number of carbonyl (C=O) groups is 1. The van der Waals surface area contributed by atoms with Crippen molar-refractivity contribution in [2.45, 2.75) is 4.90 Å². The molecule has 144 valence electrons. The number of piperazine rings is 1. The summed E-state index contributed by atoms with van der Waals surface area (Å²) in [5.41, 5.74) is 0.123. The van der Waals surface area contributed by atoms with Crippen molar-refractivity contribution in [2.75, 3.05) is 26.2 Å². The molecule has 27 heavy (non-hydrogen) atoms. The maximum atomic E-state index is 13.9. The Morgan fingerprint density at radius 1 is 0.963 bits per heavy atom. The fraction of sp³-hybridized carbons (Fsp3) is 0.235. The van der Waals surface area contributed by atoms with Gasteiger partial charge >= 0.3 is 0 Å². The van der Waals surface area contributed by atoms with Gasteiger partial charge in [0.15, 0.2) is 4.90 Å². The maximum absolute atomic E-state index is 13.9. The monoisotopic (exact) mass is 462 g/mol. The predicted octanol–water partition coefficient (Wildman–Crippen LogP) is 3.01. The second kappa shape index (κ2) is 7.61. The molecule has 3 rings (SSSR count). The molecule has 1 saturated heterocycles. The zero-order chi connectivity index (χ0) is 19.8. The molecule has 1 fully saturated rings. The average Bonchev–Trinajstić information content (AvgIpc) is 2.60. The standard InChI is InChI=1S/C17H14BrF3N2O3S/c18-12-8-11(9-13(19)10-12)17(24)22-4-6-23(7-5-22)27(25,26)16-14(20)2-1-3-15(16)21/h1-3,8-10H,4-7H2. The fourth-order valence-electron chi connectivity index (χ4n) is 2.85. The molecule has 10 heteroatoms. The quantitative estimate of drug-likeness (QED) is 0.704. The lowest BCUT2D eigenvalue weighted by Crippen LogP contribution is -2.50. The van der Waals surface area contributed by atoms with Crippen molar-refractivity contribution >= 4 is 31.9 Å². The molecule has 2 aromatic rings. The molecule has 1 amide bonds. The highest BCUT2D eigenvalue weighted by Gasteiger charge is 2.34. The third kappa shape index (κ3) is 4.02. The van der Waals surface area contributed by atoms with Crippen molar-refractivity contribution in [1.82, 2.24) is 9.21 Å². The minimum absolute atomic E-state index is 0.0161. The van der Waals surface area contributed by atoms with Gasteiger partial charge in [-0.15, -0.1) is 0 Å². The normalized spacial score (nSPS) is 15.8. The summed E-state index contributed by atoms with van der Waals surface area (Å²) in [5, 5.41) is 0. The number of rotatable bonds is 3. The van der Waals surface area contributed by atoms with Gasteiger partial charge in [-0.2, -0.15) is 4.31 Å². The number of sulfonamides is 1. The summed E-state index contributed by atoms with van der Waals surface area (Å²) in [6, 6.07) is 6.59. The van der Waals surface area contributed by atoms with Crippen LogP contribution in [0.5, 0.6) is 0 Å². The third-order valence-electron chi connectivity index (χ3n) is 4.15. The number of halogens is 4. The summed E-state index contributed by atoms with van der Waals surface area (Å²) in [6.45, 7) is -0.221. The zero-order valence-electron chi connectivity index (χ0n) is 13.8. The Balaban J connectivity index is 1.76. The molecule has 0 aromatic heterocycles. The summed E-state index contributed by atoms with van der Waals surface area (Å²) in [5.74, 6) is -3.37. The van der Waals surface area contributed by atoms with Gasteiger partial charge in [0.25, 0.3) is 5.91 Å². The molecule has 0 aliphatic carbocycles. The van der Waals surface area contributed by atoms with Crippen LogP contribution in [0.15, 0.2) is 45.8 Å². The van der Waals surface area contributed by atoms with Crippen LogP contribution in [-0.4, -0.2) is 49.7 Å². The highest BCUT2D eigenvalue weighted by molar-refractivity contribution is 9.10.